The van der Waals surface area contributed by atoms with Gasteiger partial charge in [-0.25, -0.2) is 13.6 Å². The van der Waals surface area contributed by atoms with E-state index in [1.807, 2.05) is 30.3 Å². The van der Waals surface area contributed by atoms with Gasteiger partial charge in [-0.3, -0.25) is 4.55 Å². The Labute approximate surface area is 232 Å². The lowest BCUT2D eigenvalue weighted by Crippen LogP contribution is -2.17. The van der Waals surface area contributed by atoms with E-state index in [4.69, 9.17) is 9.29 Å². The van der Waals surface area contributed by atoms with E-state index in [2.05, 4.69) is 0 Å². The molecule has 0 unspecified atom stereocenters. The number of rotatable bonds is 6. The van der Waals surface area contributed by atoms with Gasteiger partial charge in [0.15, 0.2) is 16.5 Å². The third kappa shape index (κ3) is 5.34. The Morgan fingerprint density at radius 1 is 0.585 bits per heavy atom. The average Bonchev–Trinajstić information content (AvgIpc) is 2.98. The summed E-state index contributed by atoms with van der Waals surface area (Å²) in [6.45, 7) is 0. The Morgan fingerprint density at radius 2 is 0.976 bits per heavy atom. The van der Waals surface area contributed by atoms with E-state index in [-0.39, 0.29) is 16.7 Å². The van der Waals surface area contributed by atoms with Crippen LogP contribution >= 0.6 is 0 Å². The first kappa shape index (κ1) is 27.8. The van der Waals surface area contributed by atoms with Crippen LogP contribution in [0.3, 0.4) is 0 Å². The van der Waals surface area contributed by atoms with Crippen LogP contribution in [-0.2, 0) is 10.1 Å². The summed E-state index contributed by atoms with van der Waals surface area (Å²) in [7, 11) is -5.69. The zero-order valence-electron chi connectivity index (χ0n) is 20.8. The van der Waals surface area contributed by atoms with E-state index >= 15 is 0 Å². The molecule has 5 aromatic carbocycles. The molecule has 1 N–H and O–H groups in total. The summed E-state index contributed by atoms with van der Waals surface area (Å²) in [5.41, 5.74) is 2.92. The second-order valence-electron chi connectivity index (χ2n) is 8.82. The maximum absolute atomic E-state index is 14.8. The highest BCUT2D eigenvalue weighted by Crippen LogP contribution is 2.39. The van der Waals surface area contributed by atoms with Crippen LogP contribution in [0, 0.1) is 23.3 Å². The maximum atomic E-state index is 14.8. The molecule has 5 aromatic rings. The minimum absolute atomic E-state index is 0.180. The standard InChI is InChI=1S/C31H18F4O5S/c32-25-27(34)30(41(37,38)39)28(35)26(33)29(25)40-31(36)24-22(19-12-6-2-7-13-19)16-21(18-10-4-1-5-11-18)17-23(24)20-14-8-3-9-15-20/h1-17H,(H,37,38,39). The Kier molecular flexibility index (Phi) is 7.44. The largest absolute Gasteiger partial charge is 0.416 e. The highest BCUT2D eigenvalue weighted by Gasteiger charge is 2.35. The fraction of sp³-hybridized carbons (Fsp3) is 0. The van der Waals surface area contributed by atoms with E-state index in [9.17, 15) is 30.8 Å². The van der Waals surface area contributed by atoms with Gasteiger partial charge in [0.1, 0.15) is 0 Å². The molecule has 10 heteroatoms. The Balaban J connectivity index is 1.77. The molecule has 0 atom stereocenters. The molecule has 41 heavy (non-hydrogen) atoms. The number of halogens is 4. The Morgan fingerprint density at radius 3 is 1.37 bits per heavy atom. The molecule has 0 heterocycles. The van der Waals surface area contributed by atoms with Crippen molar-refractivity contribution in [2.45, 2.75) is 4.90 Å². The van der Waals surface area contributed by atoms with Gasteiger partial charge in [-0.05, 0) is 45.5 Å². The molecule has 0 fully saturated rings. The van der Waals surface area contributed by atoms with Crippen molar-refractivity contribution in [2.24, 2.45) is 0 Å². The summed E-state index contributed by atoms with van der Waals surface area (Å²) in [6, 6.07) is 29.6. The number of benzene rings is 5. The van der Waals surface area contributed by atoms with E-state index in [1.54, 1.807) is 72.8 Å². The van der Waals surface area contributed by atoms with Crippen LogP contribution in [0.25, 0.3) is 33.4 Å². The number of carbonyl (C=O) groups is 1. The van der Waals surface area contributed by atoms with Crippen LogP contribution in [0.4, 0.5) is 17.6 Å². The zero-order valence-corrected chi connectivity index (χ0v) is 21.6. The van der Waals surface area contributed by atoms with Crippen LogP contribution in [0.1, 0.15) is 10.4 Å². The molecular weight excluding hydrogens is 560 g/mol. The van der Waals surface area contributed by atoms with Crippen molar-refractivity contribution < 1.29 is 40.1 Å². The number of carbonyl (C=O) groups excluding carboxylic acids is 1. The van der Waals surface area contributed by atoms with E-state index in [0.717, 1.165) is 5.56 Å². The van der Waals surface area contributed by atoms with Crippen molar-refractivity contribution in [1.29, 1.82) is 0 Å². The first-order valence-electron chi connectivity index (χ1n) is 12.0. The lowest BCUT2D eigenvalue weighted by molar-refractivity contribution is 0.0718. The van der Waals surface area contributed by atoms with Crippen molar-refractivity contribution in [1.82, 2.24) is 0 Å². The molecule has 206 valence electrons. The quantitative estimate of drug-likeness (QED) is 0.0734. The molecule has 5 nitrogen and oxygen atoms in total. The SMILES string of the molecule is O=C(Oc1c(F)c(F)c(S(=O)(=O)O)c(F)c1F)c1c(-c2ccccc2)cc(-c2ccccc2)cc1-c1ccccc1. The minimum Gasteiger partial charge on any atom is -0.416 e. The molecule has 0 aliphatic carbocycles. The average molecular weight is 579 g/mol. The predicted molar refractivity (Wildman–Crippen MR) is 144 cm³/mol. The molecule has 0 amide bonds. The Hall–Kier alpha value is -4.80. The van der Waals surface area contributed by atoms with Gasteiger partial charge in [-0.1, -0.05) is 91.0 Å². The molecule has 0 spiro atoms. The second kappa shape index (κ2) is 11.0. The van der Waals surface area contributed by atoms with Crippen LogP contribution < -0.4 is 4.74 Å². The topological polar surface area (TPSA) is 80.7 Å². The van der Waals surface area contributed by atoms with Crippen molar-refractivity contribution >= 4 is 16.1 Å². The van der Waals surface area contributed by atoms with Gasteiger partial charge in [-0.15, -0.1) is 0 Å². The highest BCUT2D eigenvalue weighted by molar-refractivity contribution is 7.85. The van der Waals surface area contributed by atoms with Crippen molar-refractivity contribution in [3.8, 4) is 39.1 Å². The lowest BCUT2D eigenvalue weighted by atomic mass is 9.88. The molecule has 0 saturated heterocycles. The van der Waals surface area contributed by atoms with Crippen LogP contribution in [-0.4, -0.2) is 18.9 Å². The van der Waals surface area contributed by atoms with E-state index < -0.39 is 50.0 Å². The molecule has 0 aromatic heterocycles. The minimum atomic E-state index is -5.69. The number of hydrogen-bond donors (Lipinski definition) is 1. The molecule has 5 rings (SSSR count). The molecule has 0 aliphatic heterocycles. The normalized spacial score (nSPS) is 11.3. The van der Waals surface area contributed by atoms with Gasteiger partial charge >= 0.3 is 16.1 Å². The molecule has 0 radical (unpaired) electrons. The monoisotopic (exact) mass is 578 g/mol. The summed E-state index contributed by atoms with van der Waals surface area (Å²) in [5.74, 6) is -12.7. The van der Waals surface area contributed by atoms with Gasteiger partial charge in [0.25, 0.3) is 0 Å². The summed E-state index contributed by atoms with van der Waals surface area (Å²) < 4.78 is 95.2. The summed E-state index contributed by atoms with van der Waals surface area (Å²) in [4.78, 5) is 11.4. The van der Waals surface area contributed by atoms with Gasteiger partial charge in [0.2, 0.25) is 17.4 Å². The van der Waals surface area contributed by atoms with Gasteiger partial charge in [0, 0.05) is 0 Å². The number of hydrogen-bond acceptors (Lipinski definition) is 4. The smallest absolute Gasteiger partial charge is 0.345 e. The van der Waals surface area contributed by atoms with Gasteiger partial charge in [0.05, 0.1) is 5.56 Å². The Bertz CT molecular complexity index is 1790. The first-order chi connectivity index (χ1) is 19.6. The number of ether oxygens (including phenoxy) is 1. The first-order valence-corrected chi connectivity index (χ1v) is 13.4. The highest BCUT2D eigenvalue weighted by atomic mass is 32.2. The summed E-state index contributed by atoms with van der Waals surface area (Å²) >= 11 is 0. The van der Waals surface area contributed by atoms with Crippen molar-refractivity contribution in [2.75, 3.05) is 0 Å². The summed E-state index contributed by atoms with van der Waals surface area (Å²) in [6.07, 6.45) is 0. The fourth-order valence-corrected chi connectivity index (χ4v) is 5.03. The van der Waals surface area contributed by atoms with Crippen molar-refractivity contribution in [3.05, 3.63) is 132 Å². The second-order valence-corrected chi connectivity index (χ2v) is 10.2. The third-order valence-electron chi connectivity index (χ3n) is 6.25. The zero-order chi connectivity index (χ0) is 29.3. The fourth-order valence-electron chi connectivity index (χ4n) is 4.40. The van der Waals surface area contributed by atoms with Crippen LogP contribution in [0.15, 0.2) is 108 Å². The van der Waals surface area contributed by atoms with Crippen molar-refractivity contribution in [3.63, 3.8) is 0 Å². The van der Waals surface area contributed by atoms with Gasteiger partial charge < -0.3 is 4.74 Å². The molecular formula is C31H18F4O5S. The number of esters is 1. The third-order valence-corrected chi connectivity index (χ3v) is 7.13. The van der Waals surface area contributed by atoms with Gasteiger partial charge in [-0.2, -0.15) is 17.2 Å². The maximum Gasteiger partial charge on any atom is 0.345 e. The molecule has 0 bridgehead atoms. The molecule has 0 saturated carbocycles. The lowest BCUT2D eigenvalue weighted by Gasteiger charge is -2.18. The molecule has 0 aliphatic rings. The van der Waals surface area contributed by atoms with E-state index in [0.29, 0.717) is 16.7 Å². The van der Waals surface area contributed by atoms with E-state index in [1.165, 1.54) is 0 Å². The van der Waals surface area contributed by atoms with Crippen LogP contribution in [0.5, 0.6) is 5.75 Å². The predicted octanol–water partition coefficient (Wildman–Crippen LogP) is 7.71. The summed E-state index contributed by atoms with van der Waals surface area (Å²) in [5, 5.41) is 0. The van der Waals surface area contributed by atoms with Crippen LogP contribution in [0.2, 0.25) is 0 Å².